The Labute approximate surface area is 150 Å². The molecule has 1 saturated heterocycles. The molecule has 1 aliphatic rings. The van der Waals surface area contributed by atoms with Crippen molar-refractivity contribution in [1.29, 1.82) is 0 Å². The summed E-state index contributed by atoms with van der Waals surface area (Å²) in [6, 6.07) is 7.05. The van der Waals surface area contributed by atoms with E-state index in [0.717, 1.165) is 12.8 Å². The largest absolute Gasteiger partial charge is 0.378 e. The molecule has 1 fully saturated rings. The van der Waals surface area contributed by atoms with Crippen LogP contribution in [0.2, 0.25) is 5.02 Å². The van der Waals surface area contributed by atoms with E-state index in [2.05, 4.69) is 22.2 Å². The number of halogens is 1. The van der Waals surface area contributed by atoms with E-state index in [9.17, 15) is 10.1 Å². The number of benzene rings is 1. The van der Waals surface area contributed by atoms with Crippen molar-refractivity contribution < 1.29 is 4.92 Å². The molecule has 0 spiro atoms. The summed E-state index contributed by atoms with van der Waals surface area (Å²) in [4.78, 5) is 21.2. The number of piperidine rings is 1. The van der Waals surface area contributed by atoms with Crippen LogP contribution in [0.15, 0.2) is 24.3 Å². The quantitative estimate of drug-likeness (QED) is 0.631. The van der Waals surface area contributed by atoms with Gasteiger partial charge in [0.15, 0.2) is 0 Å². The first kappa shape index (κ1) is 17.2. The zero-order chi connectivity index (χ0) is 18.0. The lowest BCUT2D eigenvalue weighted by Gasteiger charge is -2.31. The zero-order valence-electron chi connectivity index (χ0n) is 13.8. The van der Waals surface area contributed by atoms with Gasteiger partial charge >= 0.3 is 5.69 Å². The number of nitrogens with two attached hydrogens (primary N) is 1. The van der Waals surface area contributed by atoms with Gasteiger partial charge < -0.3 is 16.0 Å². The monoisotopic (exact) mass is 362 g/mol. The SMILES string of the molecule is CC1CCN(c2nc(Nc3cccc(Cl)c3)nc(N)c2[N+](=O)[O-])CC1. The first-order valence-electron chi connectivity index (χ1n) is 8.03. The molecule has 2 aromatic rings. The van der Waals surface area contributed by atoms with E-state index in [-0.39, 0.29) is 23.3 Å². The van der Waals surface area contributed by atoms with Gasteiger partial charge in [-0.3, -0.25) is 10.1 Å². The van der Waals surface area contributed by atoms with E-state index in [0.29, 0.717) is 29.7 Å². The molecule has 25 heavy (non-hydrogen) atoms. The fourth-order valence-electron chi connectivity index (χ4n) is 2.83. The van der Waals surface area contributed by atoms with Crippen molar-refractivity contribution in [2.24, 2.45) is 5.92 Å². The Kier molecular flexibility index (Phi) is 4.89. The Morgan fingerprint density at radius 2 is 2.08 bits per heavy atom. The molecule has 0 unspecified atom stereocenters. The van der Waals surface area contributed by atoms with Gasteiger partial charge in [-0.15, -0.1) is 0 Å². The number of nitrogen functional groups attached to an aromatic ring is 1. The van der Waals surface area contributed by atoms with Crippen LogP contribution in [-0.4, -0.2) is 28.0 Å². The number of rotatable bonds is 4. The van der Waals surface area contributed by atoms with Gasteiger partial charge in [0, 0.05) is 23.8 Å². The van der Waals surface area contributed by atoms with Gasteiger partial charge in [-0.2, -0.15) is 9.97 Å². The fourth-order valence-corrected chi connectivity index (χ4v) is 3.02. The summed E-state index contributed by atoms with van der Waals surface area (Å²) in [7, 11) is 0. The lowest BCUT2D eigenvalue weighted by molar-refractivity contribution is -0.383. The zero-order valence-corrected chi connectivity index (χ0v) is 14.5. The third-order valence-electron chi connectivity index (χ3n) is 4.24. The van der Waals surface area contributed by atoms with Crippen molar-refractivity contribution in [2.75, 3.05) is 29.0 Å². The molecule has 0 amide bonds. The second-order valence-corrected chi connectivity index (χ2v) is 6.60. The summed E-state index contributed by atoms with van der Waals surface area (Å²) in [5.41, 5.74) is 6.29. The topological polar surface area (TPSA) is 110 Å². The van der Waals surface area contributed by atoms with Gasteiger partial charge in [0.1, 0.15) is 0 Å². The lowest BCUT2D eigenvalue weighted by atomic mass is 9.99. The van der Waals surface area contributed by atoms with E-state index in [1.165, 1.54) is 0 Å². The van der Waals surface area contributed by atoms with Crippen molar-refractivity contribution in [2.45, 2.75) is 19.8 Å². The third-order valence-corrected chi connectivity index (χ3v) is 4.47. The van der Waals surface area contributed by atoms with Crippen LogP contribution in [0.3, 0.4) is 0 Å². The van der Waals surface area contributed by atoms with Gasteiger partial charge in [0.2, 0.25) is 17.6 Å². The highest BCUT2D eigenvalue weighted by molar-refractivity contribution is 6.30. The maximum absolute atomic E-state index is 11.4. The normalized spacial score (nSPS) is 15.2. The van der Waals surface area contributed by atoms with Crippen LogP contribution in [0.1, 0.15) is 19.8 Å². The van der Waals surface area contributed by atoms with Crippen LogP contribution >= 0.6 is 11.6 Å². The van der Waals surface area contributed by atoms with Crippen LogP contribution in [0.5, 0.6) is 0 Å². The standard InChI is InChI=1S/C16H19ClN6O2/c1-10-5-7-22(8-6-10)15-13(23(24)25)14(18)20-16(21-15)19-12-4-2-3-11(17)9-12/h2-4,9-10H,5-8H2,1H3,(H3,18,19,20,21). The summed E-state index contributed by atoms with van der Waals surface area (Å²) in [6.45, 7) is 3.58. The molecule has 3 rings (SSSR count). The number of nitrogens with zero attached hydrogens (tertiary/aromatic N) is 4. The average molecular weight is 363 g/mol. The molecule has 9 heteroatoms. The maximum Gasteiger partial charge on any atom is 0.353 e. The molecule has 1 aromatic heterocycles. The number of hydrogen-bond donors (Lipinski definition) is 2. The minimum atomic E-state index is -0.522. The Hall–Kier alpha value is -2.61. The minimum absolute atomic E-state index is 0.154. The minimum Gasteiger partial charge on any atom is -0.378 e. The molecule has 0 saturated carbocycles. The van der Waals surface area contributed by atoms with Gasteiger partial charge in [-0.25, -0.2) is 0 Å². The molecule has 0 atom stereocenters. The van der Waals surface area contributed by atoms with Crippen molar-refractivity contribution in [3.63, 3.8) is 0 Å². The van der Waals surface area contributed by atoms with Gasteiger partial charge in [0.05, 0.1) is 4.92 Å². The Bertz CT molecular complexity index is 792. The molecule has 0 bridgehead atoms. The molecular formula is C16H19ClN6O2. The van der Waals surface area contributed by atoms with Crippen LogP contribution < -0.4 is 16.0 Å². The molecule has 2 heterocycles. The Morgan fingerprint density at radius 1 is 1.36 bits per heavy atom. The van der Waals surface area contributed by atoms with Crippen LogP contribution in [0, 0.1) is 16.0 Å². The first-order valence-corrected chi connectivity index (χ1v) is 8.41. The molecule has 8 nitrogen and oxygen atoms in total. The van der Waals surface area contributed by atoms with E-state index in [1.54, 1.807) is 24.3 Å². The van der Waals surface area contributed by atoms with Crippen LogP contribution in [-0.2, 0) is 0 Å². The fraction of sp³-hybridized carbons (Fsp3) is 0.375. The number of aromatic nitrogens is 2. The molecule has 1 aliphatic heterocycles. The average Bonchev–Trinajstić information content (AvgIpc) is 2.54. The molecule has 132 valence electrons. The summed E-state index contributed by atoms with van der Waals surface area (Å²) < 4.78 is 0. The van der Waals surface area contributed by atoms with Crippen molar-refractivity contribution in [3.8, 4) is 0 Å². The van der Waals surface area contributed by atoms with Gasteiger partial charge in [-0.1, -0.05) is 24.6 Å². The predicted octanol–water partition coefficient (Wildman–Crippen LogP) is 3.60. The second kappa shape index (κ2) is 7.10. The number of nitrogens with one attached hydrogen (secondary N) is 1. The van der Waals surface area contributed by atoms with Crippen LogP contribution in [0.4, 0.5) is 29.0 Å². The van der Waals surface area contributed by atoms with Gasteiger partial charge in [-0.05, 0) is 37.0 Å². The Morgan fingerprint density at radius 3 is 2.72 bits per heavy atom. The van der Waals surface area contributed by atoms with E-state index < -0.39 is 4.92 Å². The van der Waals surface area contributed by atoms with E-state index in [1.807, 2.05) is 4.90 Å². The third kappa shape index (κ3) is 3.90. The van der Waals surface area contributed by atoms with Crippen molar-refractivity contribution in [3.05, 3.63) is 39.4 Å². The summed E-state index contributed by atoms with van der Waals surface area (Å²) in [6.07, 6.45) is 1.91. The Balaban J connectivity index is 1.96. The van der Waals surface area contributed by atoms with E-state index >= 15 is 0 Å². The molecule has 0 aliphatic carbocycles. The second-order valence-electron chi connectivity index (χ2n) is 6.17. The molecule has 0 radical (unpaired) electrons. The van der Waals surface area contributed by atoms with E-state index in [4.69, 9.17) is 17.3 Å². The number of hydrogen-bond acceptors (Lipinski definition) is 7. The number of nitro groups is 1. The molecule has 3 N–H and O–H groups in total. The highest BCUT2D eigenvalue weighted by Gasteiger charge is 2.29. The van der Waals surface area contributed by atoms with Crippen molar-refractivity contribution in [1.82, 2.24) is 9.97 Å². The number of anilines is 4. The lowest BCUT2D eigenvalue weighted by Crippen LogP contribution is -2.34. The first-order chi connectivity index (χ1) is 11.9. The molecule has 1 aromatic carbocycles. The predicted molar refractivity (Wildman–Crippen MR) is 98.4 cm³/mol. The molecular weight excluding hydrogens is 344 g/mol. The highest BCUT2D eigenvalue weighted by Crippen LogP contribution is 2.34. The van der Waals surface area contributed by atoms with Crippen LogP contribution in [0.25, 0.3) is 0 Å². The summed E-state index contributed by atoms with van der Waals surface area (Å²) in [5.74, 6) is 0.907. The summed E-state index contributed by atoms with van der Waals surface area (Å²) in [5, 5.41) is 15.0. The summed E-state index contributed by atoms with van der Waals surface area (Å²) >= 11 is 5.97. The van der Waals surface area contributed by atoms with Gasteiger partial charge in [0.25, 0.3) is 0 Å². The van der Waals surface area contributed by atoms with Crippen molar-refractivity contribution >= 4 is 40.6 Å². The smallest absolute Gasteiger partial charge is 0.353 e. The maximum atomic E-state index is 11.4. The highest BCUT2D eigenvalue weighted by atomic mass is 35.5.